The van der Waals surface area contributed by atoms with Gasteiger partial charge in [-0.2, -0.15) is 0 Å². The Hall–Kier alpha value is -3.98. The Morgan fingerprint density at radius 1 is 1.07 bits per heavy atom. The van der Waals surface area contributed by atoms with Gasteiger partial charge in [0.1, 0.15) is 5.75 Å². The van der Waals surface area contributed by atoms with E-state index < -0.39 is 21.4 Å². The van der Waals surface area contributed by atoms with Gasteiger partial charge in [0.05, 0.1) is 32.2 Å². The first-order valence-corrected chi connectivity index (χ1v) is 14.8. The number of benzene rings is 2. The lowest BCUT2D eigenvalue weighted by Crippen LogP contribution is -2.40. The number of rotatable bonds is 8. The van der Waals surface area contributed by atoms with Crippen LogP contribution in [0.25, 0.3) is 10.2 Å². The third-order valence-corrected chi connectivity index (χ3v) is 7.82. The van der Waals surface area contributed by atoms with E-state index in [9.17, 15) is 17.6 Å². The van der Waals surface area contributed by atoms with Crippen LogP contribution in [0.4, 0.5) is 10.1 Å². The topological polar surface area (TPSA) is 109 Å². The first-order chi connectivity index (χ1) is 18.9. The van der Waals surface area contributed by atoms with Crippen molar-refractivity contribution in [2.75, 3.05) is 17.8 Å². The van der Waals surface area contributed by atoms with Gasteiger partial charge in [0, 0.05) is 29.4 Å². The van der Waals surface area contributed by atoms with E-state index in [0.29, 0.717) is 23.4 Å². The number of ether oxygens (including phenoxy) is 1. The van der Waals surface area contributed by atoms with Crippen molar-refractivity contribution < 1.29 is 22.3 Å². The van der Waals surface area contributed by atoms with Crippen LogP contribution in [0.2, 0.25) is 0 Å². The molecule has 2 aromatic carbocycles. The van der Waals surface area contributed by atoms with Gasteiger partial charge in [-0.1, -0.05) is 18.8 Å². The maximum absolute atomic E-state index is 15.0. The van der Waals surface area contributed by atoms with Crippen LogP contribution in [0.1, 0.15) is 42.9 Å². The molecule has 40 heavy (non-hydrogen) atoms. The van der Waals surface area contributed by atoms with E-state index >= 15 is 0 Å². The molecule has 0 radical (unpaired) electrons. The standard InChI is InChI=1S/C29H29FN4O4S2/c1-5-31-15-6-7-21-18-24-27(39-21)26(14-16-32-24)38-25-13-10-20(17-23(25)30)34-40(36,37)22-11-8-19(9-12-22)28(35)33-29(2,3)4/h8-14,16-18,31,34H,5,15H2,1-4H3,(H,33,35). The number of pyridine rings is 1. The molecule has 0 fully saturated rings. The maximum atomic E-state index is 15.0. The van der Waals surface area contributed by atoms with E-state index in [1.807, 2.05) is 33.8 Å². The molecule has 0 aliphatic rings. The van der Waals surface area contributed by atoms with Crippen LogP contribution < -0.4 is 20.1 Å². The van der Waals surface area contributed by atoms with Gasteiger partial charge < -0.3 is 15.4 Å². The molecule has 0 unspecified atom stereocenters. The summed E-state index contributed by atoms with van der Waals surface area (Å²) in [4.78, 5) is 17.4. The molecule has 1 amide bonds. The molecule has 0 atom stereocenters. The molecule has 0 saturated heterocycles. The Kier molecular flexibility index (Phi) is 8.73. The minimum Gasteiger partial charge on any atom is -0.453 e. The van der Waals surface area contributed by atoms with Crippen molar-refractivity contribution in [3.05, 3.63) is 77.1 Å². The average Bonchev–Trinajstić information content (AvgIpc) is 3.31. The van der Waals surface area contributed by atoms with Crippen molar-refractivity contribution in [3.63, 3.8) is 0 Å². The quantitative estimate of drug-likeness (QED) is 0.187. The molecule has 8 nitrogen and oxygen atoms in total. The fraction of sp³-hybridized carbons (Fsp3) is 0.241. The number of carbonyl (C=O) groups excluding carboxylic acids is 1. The predicted octanol–water partition coefficient (Wildman–Crippen LogP) is 5.52. The fourth-order valence-electron chi connectivity index (χ4n) is 3.55. The highest BCUT2D eigenvalue weighted by Gasteiger charge is 2.19. The monoisotopic (exact) mass is 580 g/mol. The molecule has 0 saturated carbocycles. The summed E-state index contributed by atoms with van der Waals surface area (Å²) in [6.45, 7) is 8.96. The number of fused-ring (bicyclic) bond motifs is 1. The highest BCUT2D eigenvalue weighted by Crippen LogP contribution is 2.36. The van der Waals surface area contributed by atoms with Gasteiger partial charge >= 0.3 is 0 Å². The van der Waals surface area contributed by atoms with Gasteiger partial charge in [0.15, 0.2) is 11.6 Å². The Labute approximate surface area is 237 Å². The van der Waals surface area contributed by atoms with Crippen molar-refractivity contribution in [2.24, 2.45) is 0 Å². The van der Waals surface area contributed by atoms with Crippen molar-refractivity contribution >= 4 is 43.2 Å². The second-order valence-electron chi connectivity index (χ2n) is 9.80. The molecule has 4 aromatic rings. The first-order valence-electron chi connectivity index (χ1n) is 12.5. The minimum absolute atomic E-state index is 0.0219. The molecule has 0 aliphatic heterocycles. The Morgan fingerprint density at radius 3 is 2.50 bits per heavy atom. The number of nitrogens with one attached hydrogen (secondary N) is 3. The lowest BCUT2D eigenvalue weighted by molar-refractivity contribution is 0.0919. The molecule has 11 heteroatoms. The molecule has 3 N–H and O–H groups in total. The van der Waals surface area contributed by atoms with Gasteiger partial charge in [-0.3, -0.25) is 14.5 Å². The largest absolute Gasteiger partial charge is 0.453 e. The summed E-state index contributed by atoms with van der Waals surface area (Å²) < 4.78 is 49.7. The summed E-state index contributed by atoms with van der Waals surface area (Å²) in [5, 5.41) is 5.95. The van der Waals surface area contributed by atoms with E-state index in [-0.39, 0.29) is 22.2 Å². The second kappa shape index (κ2) is 12.0. The molecule has 4 rings (SSSR count). The molecular formula is C29H29FN4O4S2. The van der Waals surface area contributed by atoms with E-state index in [0.717, 1.165) is 22.2 Å². The number of hydrogen-bond acceptors (Lipinski definition) is 7. The molecule has 0 spiro atoms. The van der Waals surface area contributed by atoms with E-state index in [1.165, 1.54) is 47.7 Å². The number of nitrogens with zero attached hydrogens (tertiary/aromatic N) is 1. The minimum atomic E-state index is -4.03. The number of thiophene rings is 1. The summed E-state index contributed by atoms with van der Waals surface area (Å²) in [5.74, 6) is 5.40. The second-order valence-corrected chi connectivity index (χ2v) is 12.5. The molecule has 0 bridgehead atoms. The third-order valence-electron chi connectivity index (χ3n) is 5.37. The molecule has 0 aliphatic carbocycles. The van der Waals surface area contributed by atoms with E-state index in [1.54, 1.807) is 12.3 Å². The van der Waals surface area contributed by atoms with Crippen LogP contribution in [0.5, 0.6) is 11.5 Å². The van der Waals surface area contributed by atoms with Crippen molar-refractivity contribution in [1.82, 2.24) is 15.6 Å². The van der Waals surface area contributed by atoms with Gasteiger partial charge in [-0.05, 0) is 69.8 Å². The summed E-state index contributed by atoms with van der Waals surface area (Å²) in [6, 6.07) is 12.8. The van der Waals surface area contributed by atoms with Gasteiger partial charge in [-0.15, -0.1) is 11.3 Å². The number of aromatic nitrogens is 1. The predicted molar refractivity (Wildman–Crippen MR) is 156 cm³/mol. The lowest BCUT2D eigenvalue weighted by atomic mass is 10.1. The zero-order valence-electron chi connectivity index (χ0n) is 22.5. The van der Waals surface area contributed by atoms with Crippen molar-refractivity contribution in [2.45, 2.75) is 38.1 Å². The third kappa shape index (κ3) is 7.35. The average molecular weight is 581 g/mol. The molecule has 2 aromatic heterocycles. The Balaban J connectivity index is 1.48. The Bertz CT molecular complexity index is 1700. The molecular weight excluding hydrogens is 551 g/mol. The van der Waals surface area contributed by atoms with Gasteiger partial charge in [0.25, 0.3) is 15.9 Å². The number of sulfonamides is 1. The summed E-state index contributed by atoms with van der Waals surface area (Å²) >= 11 is 1.39. The molecule has 208 valence electrons. The number of hydrogen-bond donors (Lipinski definition) is 3. The van der Waals surface area contributed by atoms with Crippen LogP contribution in [-0.4, -0.2) is 37.9 Å². The SMILES string of the molecule is CCNCC#Cc1cc2nccc(Oc3ccc(NS(=O)(=O)c4ccc(C(=O)NC(C)(C)C)cc4)cc3F)c2s1. The van der Waals surface area contributed by atoms with Crippen LogP contribution in [-0.2, 0) is 10.0 Å². The smallest absolute Gasteiger partial charge is 0.261 e. The van der Waals surface area contributed by atoms with E-state index in [4.69, 9.17) is 4.74 Å². The highest BCUT2D eigenvalue weighted by atomic mass is 32.2. The zero-order valence-corrected chi connectivity index (χ0v) is 24.1. The first kappa shape index (κ1) is 29.0. The summed E-state index contributed by atoms with van der Waals surface area (Å²) in [5.41, 5.74) is 0.598. The molecule has 2 heterocycles. The van der Waals surface area contributed by atoms with E-state index in [2.05, 4.69) is 32.2 Å². The number of halogens is 1. The maximum Gasteiger partial charge on any atom is 0.261 e. The number of anilines is 1. The van der Waals surface area contributed by atoms with Crippen LogP contribution in [0.15, 0.2) is 65.7 Å². The van der Waals surface area contributed by atoms with Crippen LogP contribution >= 0.6 is 11.3 Å². The normalized spacial score (nSPS) is 11.5. The summed E-state index contributed by atoms with van der Waals surface area (Å²) in [7, 11) is -4.03. The summed E-state index contributed by atoms with van der Waals surface area (Å²) in [6.07, 6.45) is 1.57. The van der Waals surface area contributed by atoms with Crippen molar-refractivity contribution in [3.8, 4) is 23.3 Å². The number of amides is 1. The van der Waals surface area contributed by atoms with Crippen LogP contribution in [0.3, 0.4) is 0 Å². The highest BCUT2D eigenvalue weighted by molar-refractivity contribution is 7.92. The Morgan fingerprint density at radius 2 is 1.82 bits per heavy atom. The lowest BCUT2D eigenvalue weighted by Gasteiger charge is -2.20. The zero-order chi connectivity index (χ0) is 28.9. The number of carbonyl (C=O) groups is 1. The van der Waals surface area contributed by atoms with Crippen LogP contribution in [0, 0.1) is 17.7 Å². The fourth-order valence-corrected chi connectivity index (χ4v) is 5.54. The van der Waals surface area contributed by atoms with Gasteiger partial charge in [-0.25, -0.2) is 12.8 Å². The van der Waals surface area contributed by atoms with Crippen molar-refractivity contribution in [1.29, 1.82) is 0 Å². The van der Waals surface area contributed by atoms with Gasteiger partial charge in [0.2, 0.25) is 0 Å².